The second-order valence-corrected chi connectivity index (χ2v) is 6.30. The molecule has 2 amide bonds. The molecule has 0 saturated carbocycles. The molecule has 1 heterocycles. The fraction of sp³-hybridized carbons (Fsp3) is 0.467. The fourth-order valence-electron chi connectivity index (χ4n) is 2.62. The lowest BCUT2D eigenvalue weighted by Gasteiger charge is -2.34. The van der Waals surface area contributed by atoms with E-state index in [1.54, 1.807) is 11.0 Å². The molecule has 1 aromatic carbocycles. The highest BCUT2D eigenvalue weighted by Crippen LogP contribution is 2.29. The van der Waals surface area contributed by atoms with Gasteiger partial charge in [-0.05, 0) is 53.6 Å². The highest BCUT2D eigenvalue weighted by molar-refractivity contribution is 14.1. The average molecular weight is 404 g/mol. The monoisotopic (exact) mass is 404 g/mol. The molecule has 0 atom stereocenters. The van der Waals surface area contributed by atoms with Crippen LogP contribution in [-0.2, 0) is 9.59 Å². The second kappa shape index (κ2) is 6.29. The Morgan fingerprint density at radius 3 is 2.57 bits per heavy atom. The van der Waals surface area contributed by atoms with Crippen molar-refractivity contribution in [3.05, 3.63) is 27.6 Å². The molecule has 1 aliphatic rings. The van der Waals surface area contributed by atoms with E-state index in [9.17, 15) is 14.0 Å². The summed E-state index contributed by atoms with van der Waals surface area (Å²) in [6.07, 6.45) is 1.31. The van der Waals surface area contributed by atoms with Crippen LogP contribution in [-0.4, -0.2) is 23.9 Å². The highest BCUT2D eigenvalue weighted by Gasteiger charge is 2.42. The molecule has 114 valence electrons. The lowest BCUT2D eigenvalue weighted by molar-refractivity contribution is -0.130. The van der Waals surface area contributed by atoms with E-state index >= 15 is 0 Å². The van der Waals surface area contributed by atoms with E-state index < -0.39 is 5.54 Å². The maximum atomic E-state index is 13.3. The quantitative estimate of drug-likeness (QED) is 0.788. The molecule has 2 rings (SSSR count). The Morgan fingerprint density at radius 2 is 2.00 bits per heavy atom. The molecule has 0 aromatic heterocycles. The number of rotatable bonds is 3. The van der Waals surface area contributed by atoms with E-state index in [0.29, 0.717) is 28.6 Å². The third kappa shape index (κ3) is 3.04. The summed E-state index contributed by atoms with van der Waals surface area (Å²) < 4.78 is 13.9. The topological polar surface area (TPSA) is 49.4 Å². The van der Waals surface area contributed by atoms with Crippen molar-refractivity contribution in [2.75, 3.05) is 11.4 Å². The van der Waals surface area contributed by atoms with Gasteiger partial charge in [0.05, 0.1) is 5.69 Å². The fourth-order valence-corrected chi connectivity index (χ4v) is 3.38. The van der Waals surface area contributed by atoms with Crippen LogP contribution in [0.5, 0.6) is 0 Å². The van der Waals surface area contributed by atoms with Gasteiger partial charge >= 0.3 is 0 Å². The van der Waals surface area contributed by atoms with Crippen LogP contribution in [0, 0.1) is 9.39 Å². The van der Waals surface area contributed by atoms with E-state index in [1.807, 2.05) is 36.4 Å². The first-order valence-electron chi connectivity index (χ1n) is 7.01. The second-order valence-electron chi connectivity index (χ2n) is 5.14. The lowest BCUT2D eigenvalue weighted by Crippen LogP contribution is -2.56. The van der Waals surface area contributed by atoms with Crippen LogP contribution in [0.3, 0.4) is 0 Å². The van der Waals surface area contributed by atoms with Gasteiger partial charge in [-0.2, -0.15) is 0 Å². The number of carbonyl (C=O) groups is 2. The molecule has 0 unspecified atom stereocenters. The number of anilines is 1. The van der Waals surface area contributed by atoms with Gasteiger partial charge in [0.15, 0.2) is 0 Å². The van der Waals surface area contributed by atoms with Crippen LogP contribution in [0.2, 0.25) is 0 Å². The Balaban J connectivity index is 2.47. The lowest BCUT2D eigenvalue weighted by atomic mass is 9.91. The number of benzene rings is 1. The summed E-state index contributed by atoms with van der Waals surface area (Å²) in [6, 6.07) is 4.33. The van der Waals surface area contributed by atoms with Crippen LogP contribution in [0.4, 0.5) is 10.1 Å². The molecule has 1 aliphatic heterocycles. The summed E-state index contributed by atoms with van der Waals surface area (Å²) in [5.41, 5.74) is -0.213. The minimum atomic E-state index is -0.870. The first-order valence-corrected chi connectivity index (χ1v) is 8.09. The van der Waals surface area contributed by atoms with Crippen molar-refractivity contribution in [3.63, 3.8) is 0 Å². The van der Waals surface area contributed by atoms with E-state index in [0.717, 1.165) is 0 Å². The summed E-state index contributed by atoms with van der Waals surface area (Å²) in [6.45, 7) is 4.09. The van der Waals surface area contributed by atoms with Crippen molar-refractivity contribution in [2.45, 2.75) is 38.6 Å². The van der Waals surface area contributed by atoms with E-state index in [1.165, 1.54) is 12.1 Å². The van der Waals surface area contributed by atoms with Crippen LogP contribution in [0.15, 0.2) is 18.2 Å². The van der Waals surface area contributed by atoms with Gasteiger partial charge in [-0.3, -0.25) is 9.59 Å². The number of hydrogen-bond donors (Lipinski definition) is 1. The molecule has 0 radical (unpaired) electrons. The Kier molecular flexibility index (Phi) is 4.85. The number of nitrogens with one attached hydrogen (secondary N) is 1. The first-order chi connectivity index (χ1) is 9.93. The minimum Gasteiger partial charge on any atom is -0.342 e. The van der Waals surface area contributed by atoms with E-state index in [-0.39, 0.29) is 24.1 Å². The van der Waals surface area contributed by atoms with E-state index in [2.05, 4.69) is 5.32 Å². The summed E-state index contributed by atoms with van der Waals surface area (Å²) in [5.74, 6) is -0.577. The molecule has 0 aliphatic carbocycles. The molecule has 0 spiro atoms. The van der Waals surface area contributed by atoms with Crippen molar-refractivity contribution in [1.82, 2.24) is 5.32 Å². The van der Waals surface area contributed by atoms with Gasteiger partial charge in [-0.1, -0.05) is 13.8 Å². The molecule has 21 heavy (non-hydrogen) atoms. The number of amides is 2. The van der Waals surface area contributed by atoms with Crippen molar-refractivity contribution < 1.29 is 14.0 Å². The largest absolute Gasteiger partial charge is 0.342 e. The Labute approximate surface area is 137 Å². The molecule has 1 fully saturated rings. The molecule has 1 N–H and O–H groups in total. The SMILES string of the molecule is CCC1(CC)NC(=O)CCN(c2ccc(F)cc2I)C1=O. The van der Waals surface area contributed by atoms with Gasteiger partial charge in [0.25, 0.3) is 5.91 Å². The summed E-state index contributed by atoms with van der Waals surface area (Å²) >= 11 is 2.01. The molecule has 1 saturated heterocycles. The third-order valence-corrected chi connectivity index (χ3v) is 4.87. The maximum absolute atomic E-state index is 13.3. The van der Waals surface area contributed by atoms with Crippen molar-refractivity contribution >= 4 is 40.1 Å². The highest BCUT2D eigenvalue weighted by atomic mass is 127. The molecule has 6 heteroatoms. The summed E-state index contributed by atoms with van der Waals surface area (Å²) in [5, 5.41) is 2.87. The third-order valence-electron chi connectivity index (χ3n) is 4.00. The van der Waals surface area contributed by atoms with E-state index in [4.69, 9.17) is 0 Å². The summed E-state index contributed by atoms with van der Waals surface area (Å²) in [4.78, 5) is 26.5. The van der Waals surface area contributed by atoms with Gasteiger partial charge in [0, 0.05) is 16.5 Å². The van der Waals surface area contributed by atoms with Crippen molar-refractivity contribution in [2.24, 2.45) is 0 Å². The molecule has 1 aromatic rings. The number of carbonyl (C=O) groups excluding carboxylic acids is 2. The molecule has 0 bridgehead atoms. The van der Waals surface area contributed by atoms with Gasteiger partial charge < -0.3 is 10.2 Å². The van der Waals surface area contributed by atoms with Crippen LogP contribution in [0.1, 0.15) is 33.1 Å². The molecular weight excluding hydrogens is 386 g/mol. The molecular formula is C15H18FIN2O2. The van der Waals surface area contributed by atoms with Crippen molar-refractivity contribution in [3.8, 4) is 0 Å². The Bertz CT molecular complexity index is 573. The number of hydrogen-bond acceptors (Lipinski definition) is 2. The normalized spacial score (nSPS) is 18.4. The number of halogens is 2. The molecule has 4 nitrogen and oxygen atoms in total. The zero-order chi connectivity index (χ0) is 15.6. The standard InChI is InChI=1S/C15H18FIN2O2/c1-3-15(4-2)14(21)19(8-7-13(20)18-15)12-6-5-10(16)9-11(12)17/h5-6,9H,3-4,7-8H2,1-2H3,(H,18,20). The van der Waals surface area contributed by atoms with Gasteiger partial charge in [0.2, 0.25) is 5.91 Å². The Morgan fingerprint density at radius 1 is 1.33 bits per heavy atom. The predicted octanol–water partition coefficient (Wildman–Crippen LogP) is 2.84. The average Bonchev–Trinajstić information content (AvgIpc) is 2.58. The van der Waals surface area contributed by atoms with Crippen LogP contribution >= 0.6 is 22.6 Å². The smallest absolute Gasteiger partial charge is 0.252 e. The van der Waals surface area contributed by atoms with Gasteiger partial charge in [0.1, 0.15) is 11.4 Å². The van der Waals surface area contributed by atoms with Gasteiger partial charge in [-0.15, -0.1) is 0 Å². The van der Waals surface area contributed by atoms with Crippen LogP contribution in [0.25, 0.3) is 0 Å². The number of nitrogens with zero attached hydrogens (tertiary/aromatic N) is 1. The van der Waals surface area contributed by atoms with Gasteiger partial charge in [-0.25, -0.2) is 4.39 Å². The summed E-state index contributed by atoms with van der Waals surface area (Å²) in [7, 11) is 0. The maximum Gasteiger partial charge on any atom is 0.252 e. The van der Waals surface area contributed by atoms with Crippen LogP contribution < -0.4 is 10.2 Å². The zero-order valence-electron chi connectivity index (χ0n) is 12.1. The zero-order valence-corrected chi connectivity index (χ0v) is 14.2. The van der Waals surface area contributed by atoms with Crippen molar-refractivity contribution in [1.29, 1.82) is 0 Å². The first kappa shape index (κ1) is 16.2. The predicted molar refractivity (Wildman–Crippen MR) is 87.5 cm³/mol. The Hall–Kier alpha value is -1.18. The minimum absolute atomic E-state index is 0.119.